The zero-order chi connectivity index (χ0) is 18.4. The molecule has 0 spiro atoms. The van der Waals surface area contributed by atoms with Gasteiger partial charge in [-0.2, -0.15) is 18.3 Å². The van der Waals surface area contributed by atoms with E-state index in [1.54, 1.807) is 6.92 Å². The van der Waals surface area contributed by atoms with Crippen LogP contribution in [0.15, 0.2) is 0 Å². The van der Waals surface area contributed by atoms with Crippen LogP contribution in [0.4, 0.5) is 22.0 Å². The minimum absolute atomic E-state index is 0.0410. The van der Waals surface area contributed by atoms with Crippen LogP contribution < -0.4 is 0 Å². The van der Waals surface area contributed by atoms with Gasteiger partial charge in [-0.05, 0) is 38.5 Å². The Morgan fingerprint density at radius 1 is 1.28 bits per heavy atom. The molecule has 1 aromatic rings. The second-order valence-electron chi connectivity index (χ2n) is 6.84. The summed E-state index contributed by atoms with van der Waals surface area (Å²) in [6.45, 7) is 1.69. The van der Waals surface area contributed by atoms with E-state index in [0.29, 0.717) is 12.8 Å². The molecule has 1 atom stereocenters. The molecular formula is C16H21F5N2O2. The lowest BCUT2D eigenvalue weighted by molar-refractivity contribution is -0.148. The maximum Gasteiger partial charge on any atom is 0.420 e. The highest BCUT2D eigenvalue weighted by Crippen LogP contribution is 2.48. The summed E-state index contributed by atoms with van der Waals surface area (Å²) in [5.41, 5.74) is -1.40. The molecular weight excluding hydrogens is 347 g/mol. The Kier molecular flexibility index (Phi) is 5.07. The first kappa shape index (κ1) is 18.6. The van der Waals surface area contributed by atoms with E-state index in [9.17, 15) is 27.1 Å². The molecule has 0 aliphatic heterocycles. The monoisotopic (exact) mass is 368 g/mol. The van der Waals surface area contributed by atoms with Crippen LogP contribution in [0.1, 0.15) is 61.8 Å². The Hall–Kier alpha value is -1.22. The van der Waals surface area contributed by atoms with Crippen molar-refractivity contribution < 1.29 is 31.8 Å². The maximum absolute atomic E-state index is 13.6. The maximum atomic E-state index is 13.6. The van der Waals surface area contributed by atoms with Crippen molar-refractivity contribution in [1.29, 1.82) is 0 Å². The third-order valence-corrected chi connectivity index (χ3v) is 4.88. The van der Waals surface area contributed by atoms with Crippen molar-refractivity contribution in [3.8, 4) is 0 Å². The average molecular weight is 368 g/mol. The third-order valence-electron chi connectivity index (χ3n) is 4.88. The van der Waals surface area contributed by atoms with Gasteiger partial charge in [0.15, 0.2) is 6.29 Å². The minimum atomic E-state index is -4.66. The summed E-state index contributed by atoms with van der Waals surface area (Å²) in [5.74, 6) is -1.13. The summed E-state index contributed by atoms with van der Waals surface area (Å²) in [4.78, 5) is 0. The standard InChI is InChI=1S/C16H21F5N2O2/c1-2-25-15(24)13-11(16(19,20)21)12(9-3-4-9)22-23(13)7-8-5-10(6-8)14(17)18/h8-10,14-15,24H,2-7H2,1H3. The fourth-order valence-electron chi connectivity index (χ4n) is 3.44. The van der Waals surface area contributed by atoms with Gasteiger partial charge in [-0.15, -0.1) is 0 Å². The first-order chi connectivity index (χ1) is 11.7. The largest absolute Gasteiger partial charge is 0.420 e. The summed E-state index contributed by atoms with van der Waals surface area (Å²) < 4.78 is 72.1. The molecule has 0 bridgehead atoms. The van der Waals surface area contributed by atoms with Gasteiger partial charge in [0.05, 0.1) is 5.69 Å². The van der Waals surface area contributed by atoms with Crippen LogP contribution in [0.3, 0.4) is 0 Å². The van der Waals surface area contributed by atoms with Gasteiger partial charge >= 0.3 is 6.18 Å². The van der Waals surface area contributed by atoms with Gasteiger partial charge in [0.2, 0.25) is 6.43 Å². The van der Waals surface area contributed by atoms with E-state index in [0.717, 1.165) is 4.68 Å². The van der Waals surface area contributed by atoms with Gasteiger partial charge < -0.3 is 9.84 Å². The van der Waals surface area contributed by atoms with Crippen LogP contribution in [0.2, 0.25) is 0 Å². The van der Waals surface area contributed by atoms with Crippen molar-refractivity contribution >= 4 is 0 Å². The second-order valence-corrected chi connectivity index (χ2v) is 6.84. The highest BCUT2D eigenvalue weighted by molar-refractivity contribution is 5.35. The number of nitrogens with zero attached hydrogens (tertiary/aromatic N) is 2. The SMILES string of the molecule is CCOC(O)c1c(C(F)(F)F)c(C2CC2)nn1CC1CC(C(F)F)C1. The van der Waals surface area contributed by atoms with Gasteiger partial charge in [0.1, 0.15) is 11.3 Å². The van der Waals surface area contributed by atoms with E-state index in [2.05, 4.69) is 5.10 Å². The van der Waals surface area contributed by atoms with Crippen LogP contribution >= 0.6 is 0 Å². The van der Waals surface area contributed by atoms with E-state index in [1.165, 1.54) is 0 Å². The fourth-order valence-corrected chi connectivity index (χ4v) is 3.44. The number of ether oxygens (including phenoxy) is 1. The number of rotatable bonds is 7. The Morgan fingerprint density at radius 2 is 1.92 bits per heavy atom. The molecule has 2 fully saturated rings. The minimum Gasteiger partial charge on any atom is -0.363 e. The van der Waals surface area contributed by atoms with E-state index in [4.69, 9.17) is 4.74 Å². The smallest absolute Gasteiger partial charge is 0.363 e. The average Bonchev–Trinajstić information content (AvgIpc) is 3.21. The number of alkyl halides is 5. The molecule has 0 radical (unpaired) electrons. The van der Waals surface area contributed by atoms with Crippen molar-refractivity contribution in [2.24, 2.45) is 11.8 Å². The molecule has 25 heavy (non-hydrogen) atoms. The molecule has 1 aromatic heterocycles. The Balaban J connectivity index is 1.90. The normalized spacial score (nSPS) is 25.3. The molecule has 3 rings (SSSR count). The molecule has 1 N–H and O–H groups in total. The number of aliphatic hydroxyl groups is 1. The topological polar surface area (TPSA) is 47.3 Å². The molecule has 4 nitrogen and oxygen atoms in total. The predicted octanol–water partition coefficient (Wildman–Crippen LogP) is 4.10. The molecule has 9 heteroatoms. The van der Waals surface area contributed by atoms with E-state index < -0.39 is 36.1 Å². The van der Waals surface area contributed by atoms with Gasteiger partial charge in [-0.1, -0.05) is 0 Å². The number of hydrogen-bond donors (Lipinski definition) is 1. The van der Waals surface area contributed by atoms with Crippen LogP contribution in [0, 0.1) is 11.8 Å². The lowest BCUT2D eigenvalue weighted by Gasteiger charge is -2.35. The highest BCUT2D eigenvalue weighted by Gasteiger charge is 2.46. The first-order valence-electron chi connectivity index (χ1n) is 8.47. The van der Waals surface area contributed by atoms with Gasteiger partial charge in [0.25, 0.3) is 0 Å². The zero-order valence-corrected chi connectivity index (χ0v) is 13.8. The van der Waals surface area contributed by atoms with Crippen LogP contribution in [-0.4, -0.2) is 27.9 Å². The Labute approximate surface area is 142 Å². The molecule has 0 amide bonds. The lowest BCUT2D eigenvalue weighted by Crippen LogP contribution is -2.33. The summed E-state index contributed by atoms with van der Waals surface area (Å²) >= 11 is 0. The van der Waals surface area contributed by atoms with Crippen molar-refractivity contribution in [1.82, 2.24) is 9.78 Å². The van der Waals surface area contributed by atoms with Crippen molar-refractivity contribution in [3.05, 3.63) is 17.0 Å². The van der Waals surface area contributed by atoms with Gasteiger partial charge in [0, 0.05) is 25.0 Å². The molecule has 2 saturated carbocycles. The number of halogens is 5. The Bertz CT molecular complexity index is 606. The van der Waals surface area contributed by atoms with Crippen LogP contribution in [0.25, 0.3) is 0 Å². The summed E-state index contributed by atoms with van der Waals surface area (Å²) in [7, 11) is 0. The first-order valence-corrected chi connectivity index (χ1v) is 8.47. The summed E-state index contributed by atoms with van der Waals surface area (Å²) in [5, 5.41) is 14.2. The molecule has 0 saturated heterocycles. The van der Waals surface area contributed by atoms with E-state index in [1.807, 2.05) is 0 Å². The van der Waals surface area contributed by atoms with E-state index in [-0.39, 0.29) is 43.5 Å². The number of hydrogen-bond acceptors (Lipinski definition) is 3. The van der Waals surface area contributed by atoms with Crippen LogP contribution in [0.5, 0.6) is 0 Å². The Morgan fingerprint density at radius 3 is 2.40 bits per heavy atom. The van der Waals surface area contributed by atoms with E-state index >= 15 is 0 Å². The van der Waals surface area contributed by atoms with Gasteiger partial charge in [-0.3, -0.25) is 4.68 Å². The molecule has 1 unspecified atom stereocenters. The lowest BCUT2D eigenvalue weighted by atomic mass is 9.75. The van der Waals surface area contributed by atoms with Gasteiger partial charge in [-0.25, -0.2) is 8.78 Å². The van der Waals surface area contributed by atoms with Crippen molar-refractivity contribution in [2.75, 3.05) is 6.61 Å². The van der Waals surface area contributed by atoms with Crippen molar-refractivity contribution in [2.45, 2.75) is 64.0 Å². The summed E-state index contributed by atoms with van der Waals surface area (Å²) in [6, 6.07) is 0. The summed E-state index contributed by atoms with van der Waals surface area (Å²) in [6.07, 6.45) is -7.05. The third kappa shape index (κ3) is 3.81. The zero-order valence-electron chi connectivity index (χ0n) is 13.8. The van der Waals surface area contributed by atoms with Crippen LogP contribution in [-0.2, 0) is 17.5 Å². The highest BCUT2D eigenvalue weighted by atomic mass is 19.4. The van der Waals surface area contributed by atoms with Crippen molar-refractivity contribution in [3.63, 3.8) is 0 Å². The molecule has 142 valence electrons. The predicted molar refractivity (Wildman–Crippen MR) is 78.0 cm³/mol. The number of aliphatic hydroxyl groups excluding tert-OH is 1. The fraction of sp³-hybridized carbons (Fsp3) is 0.812. The second kappa shape index (κ2) is 6.83. The number of aromatic nitrogens is 2. The quantitative estimate of drug-likeness (QED) is 0.582. The molecule has 2 aliphatic rings. The molecule has 1 heterocycles. The molecule has 0 aromatic carbocycles. The molecule has 2 aliphatic carbocycles.